The minimum atomic E-state index is -0.184. The summed E-state index contributed by atoms with van der Waals surface area (Å²) in [6.07, 6.45) is 3.14. The molecule has 1 aliphatic heterocycles. The van der Waals surface area contributed by atoms with Crippen molar-refractivity contribution in [2.45, 2.75) is 18.9 Å². The molecule has 3 rings (SSSR count). The lowest BCUT2D eigenvalue weighted by atomic mass is 10.1. The Balaban J connectivity index is 1.88. The van der Waals surface area contributed by atoms with E-state index in [1.165, 1.54) is 0 Å². The number of aromatic nitrogens is 2. The average Bonchev–Trinajstić information content (AvgIpc) is 2.49. The van der Waals surface area contributed by atoms with Crippen LogP contribution in [0.5, 0.6) is 0 Å². The van der Waals surface area contributed by atoms with Crippen LogP contribution in [0.4, 0.5) is 5.82 Å². The first-order chi connectivity index (χ1) is 9.74. The van der Waals surface area contributed by atoms with E-state index < -0.39 is 0 Å². The monoisotopic (exact) mass is 289 g/mol. The third-order valence-corrected chi connectivity index (χ3v) is 3.87. The van der Waals surface area contributed by atoms with Crippen LogP contribution in [-0.4, -0.2) is 34.3 Å². The van der Waals surface area contributed by atoms with Gasteiger partial charge in [0.05, 0.1) is 11.1 Å². The van der Waals surface area contributed by atoms with Crippen molar-refractivity contribution in [2.75, 3.05) is 18.0 Å². The lowest BCUT2D eigenvalue weighted by Crippen LogP contribution is -2.36. The number of benzene rings is 1. The Morgan fingerprint density at radius 1 is 1.15 bits per heavy atom. The van der Waals surface area contributed by atoms with E-state index in [1.54, 1.807) is 6.20 Å². The van der Waals surface area contributed by atoms with E-state index in [2.05, 4.69) is 14.9 Å². The van der Waals surface area contributed by atoms with Gasteiger partial charge in [-0.15, -0.1) is 0 Å². The Morgan fingerprint density at radius 2 is 1.90 bits per heavy atom. The molecule has 2 heterocycles. The lowest BCUT2D eigenvalue weighted by Gasteiger charge is -2.30. The van der Waals surface area contributed by atoms with Crippen LogP contribution >= 0.6 is 11.6 Å². The molecule has 1 fully saturated rings. The number of nitrogens with zero attached hydrogens (tertiary/aromatic N) is 3. The van der Waals surface area contributed by atoms with Crippen LogP contribution in [0.3, 0.4) is 0 Å². The summed E-state index contributed by atoms with van der Waals surface area (Å²) in [6, 6.07) is 9.47. The normalized spacial score (nSPS) is 16.4. The number of piperidine rings is 1. The summed E-state index contributed by atoms with van der Waals surface area (Å²) in [5.74, 6) is 1.53. The van der Waals surface area contributed by atoms with E-state index in [0.29, 0.717) is 10.8 Å². The predicted octanol–water partition coefficient (Wildman–Crippen LogP) is 2.76. The second kappa shape index (κ2) is 5.77. The number of aliphatic hydroxyl groups excluding tert-OH is 1. The van der Waals surface area contributed by atoms with Gasteiger partial charge in [0, 0.05) is 24.8 Å². The van der Waals surface area contributed by atoms with Gasteiger partial charge < -0.3 is 10.0 Å². The third kappa shape index (κ3) is 2.76. The minimum Gasteiger partial charge on any atom is -0.393 e. The molecule has 0 bridgehead atoms. The molecule has 0 saturated carbocycles. The fourth-order valence-corrected chi connectivity index (χ4v) is 2.61. The Hall–Kier alpha value is -1.65. The molecule has 0 radical (unpaired) electrons. The summed E-state index contributed by atoms with van der Waals surface area (Å²) in [7, 11) is 0. The van der Waals surface area contributed by atoms with E-state index in [0.717, 1.165) is 37.3 Å². The minimum absolute atomic E-state index is 0.184. The summed E-state index contributed by atoms with van der Waals surface area (Å²) in [5, 5.41) is 10.2. The van der Waals surface area contributed by atoms with Crippen molar-refractivity contribution in [3.8, 4) is 11.4 Å². The van der Waals surface area contributed by atoms with E-state index >= 15 is 0 Å². The summed E-state index contributed by atoms with van der Waals surface area (Å²) < 4.78 is 0. The first-order valence-corrected chi connectivity index (χ1v) is 7.13. The number of hydrogen-bond acceptors (Lipinski definition) is 4. The van der Waals surface area contributed by atoms with Crippen molar-refractivity contribution in [1.29, 1.82) is 0 Å². The third-order valence-electron chi connectivity index (χ3n) is 3.54. The van der Waals surface area contributed by atoms with Gasteiger partial charge >= 0.3 is 0 Å². The van der Waals surface area contributed by atoms with Gasteiger partial charge in [0.25, 0.3) is 0 Å². The molecule has 1 aliphatic rings. The molecular formula is C15H16ClN3O. The molecule has 0 spiro atoms. The van der Waals surface area contributed by atoms with Gasteiger partial charge in [-0.05, 0) is 31.0 Å². The number of hydrogen-bond donors (Lipinski definition) is 1. The van der Waals surface area contributed by atoms with E-state index in [4.69, 9.17) is 11.6 Å². The standard InChI is InChI=1S/C15H16ClN3O/c16-13-4-2-1-3-12(13)15-17-8-5-14(18-15)19-9-6-11(20)7-10-19/h1-5,8,11,20H,6-7,9-10H2. The summed E-state index contributed by atoms with van der Waals surface area (Å²) in [4.78, 5) is 11.1. The quantitative estimate of drug-likeness (QED) is 0.923. The molecule has 1 N–H and O–H groups in total. The van der Waals surface area contributed by atoms with Crippen molar-refractivity contribution in [3.63, 3.8) is 0 Å². The zero-order chi connectivity index (χ0) is 13.9. The SMILES string of the molecule is OC1CCN(c2ccnc(-c3ccccc3Cl)n2)CC1. The highest BCUT2D eigenvalue weighted by Gasteiger charge is 2.18. The largest absolute Gasteiger partial charge is 0.393 e. The molecule has 104 valence electrons. The number of rotatable bonds is 2. The summed E-state index contributed by atoms with van der Waals surface area (Å²) in [5.41, 5.74) is 0.841. The maximum Gasteiger partial charge on any atom is 0.163 e. The molecule has 1 saturated heterocycles. The van der Waals surface area contributed by atoms with Gasteiger partial charge in [-0.3, -0.25) is 0 Å². The van der Waals surface area contributed by atoms with Gasteiger partial charge in [0.1, 0.15) is 5.82 Å². The zero-order valence-electron chi connectivity index (χ0n) is 11.0. The molecule has 0 aliphatic carbocycles. The number of halogens is 1. The van der Waals surface area contributed by atoms with Crippen LogP contribution in [0.15, 0.2) is 36.5 Å². The Morgan fingerprint density at radius 3 is 2.65 bits per heavy atom. The van der Waals surface area contributed by atoms with Crippen LogP contribution in [0.25, 0.3) is 11.4 Å². The van der Waals surface area contributed by atoms with Crippen LogP contribution < -0.4 is 4.90 Å². The molecule has 0 amide bonds. The van der Waals surface area contributed by atoms with Gasteiger partial charge in [-0.2, -0.15) is 0 Å². The van der Waals surface area contributed by atoms with Crippen molar-refractivity contribution < 1.29 is 5.11 Å². The van der Waals surface area contributed by atoms with Crippen LogP contribution in [0, 0.1) is 0 Å². The summed E-state index contributed by atoms with van der Waals surface area (Å²) in [6.45, 7) is 1.64. The molecule has 2 aromatic rings. The maximum atomic E-state index is 9.57. The van der Waals surface area contributed by atoms with Crippen molar-refractivity contribution in [2.24, 2.45) is 0 Å². The molecule has 20 heavy (non-hydrogen) atoms. The van der Waals surface area contributed by atoms with Gasteiger partial charge in [-0.25, -0.2) is 9.97 Å². The lowest BCUT2D eigenvalue weighted by molar-refractivity contribution is 0.145. The highest BCUT2D eigenvalue weighted by Crippen LogP contribution is 2.26. The predicted molar refractivity (Wildman–Crippen MR) is 79.9 cm³/mol. The average molecular weight is 290 g/mol. The first kappa shape index (κ1) is 13.3. The molecule has 5 heteroatoms. The van der Waals surface area contributed by atoms with Crippen LogP contribution in [0.2, 0.25) is 5.02 Å². The molecule has 0 atom stereocenters. The van der Waals surface area contributed by atoms with Gasteiger partial charge in [0.2, 0.25) is 0 Å². The highest BCUT2D eigenvalue weighted by atomic mass is 35.5. The molecule has 0 unspecified atom stereocenters. The Kier molecular flexibility index (Phi) is 3.85. The molecule has 1 aromatic carbocycles. The van der Waals surface area contributed by atoms with Gasteiger partial charge in [-0.1, -0.05) is 23.7 Å². The van der Waals surface area contributed by atoms with Crippen LogP contribution in [-0.2, 0) is 0 Å². The summed E-state index contributed by atoms with van der Waals surface area (Å²) >= 11 is 6.19. The van der Waals surface area contributed by atoms with E-state index in [9.17, 15) is 5.11 Å². The van der Waals surface area contributed by atoms with E-state index in [1.807, 2.05) is 30.3 Å². The number of aliphatic hydroxyl groups is 1. The maximum absolute atomic E-state index is 9.57. The topological polar surface area (TPSA) is 49.2 Å². The number of anilines is 1. The molecule has 4 nitrogen and oxygen atoms in total. The zero-order valence-corrected chi connectivity index (χ0v) is 11.8. The molecular weight excluding hydrogens is 274 g/mol. The van der Waals surface area contributed by atoms with Gasteiger partial charge in [0.15, 0.2) is 5.82 Å². The Labute approximate surface area is 123 Å². The van der Waals surface area contributed by atoms with Crippen molar-refractivity contribution in [3.05, 3.63) is 41.6 Å². The van der Waals surface area contributed by atoms with Crippen molar-refractivity contribution >= 4 is 17.4 Å². The van der Waals surface area contributed by atoms with Crippen LogP contribution in [0.1, 0.15) is 12.8 Å². The second-order valence-electron chi connectivity index (χ2n) is 4.94. The Bertz CT molecular complexity index is 597. The fraction of sp³-hybridized carbons (Fsp3) is 0.333. The van der Waals surface area contributed by atoms with Crippen molar-refractivity contribution in [1.82, 2.24) is 9.97 Å². The second-order valence-corrected chi connectivity index (χ2v) is 5.34. The smallest absolute Gasteiger partial charge is 0.163 e. The van der Waals surface area contributed by atoms with E-state index in [-0.39, 0.29) is 6.10 Å². The highest BCUT2D eigenvalue weighted by molar-refractivity contribution is 6.33. The molecule has 1 aromatic heterocycles. The first-order valence-electron chi connectivity index (χ1n) is 6.75. The fourth-order valence-electron chi connectivity index (χ4n) is 2.39.